The highest BCUT2D eigenvalue weighted by atomic mass is 16.2. The Balaban J connectivity index is 2.06. The zero-order chi connectivity index (χ0) is 13.9. The van der Waals surface area contributed by atoms with Gasteiger partial charge in [0.15, 0.2) is 0 Å². The standard InChI is InChI=1S/C16H24N2O/c1-16(2,13-7-4-3-5-8-13)11-15(19)18-10-6-9-14(18)12-17/h3-5,7-8,14H,6,9-12,17H2,1-2H3/t14-/m1/s1. The van der Waals surface area contributed by atoms with Gasteiger partial charge in [-0.2, -0.15) is 0 Å². The first-order chi connectivity index (χ1) is 9.04. The van der Waals surface area contributed by atoms with Gasteiger partial charge in [0.05, 0.1) is 0 Å². The molecular weight excluding hydrogens is 236 g/mol. The number of hydrogen-bond donors (Lipinski definition) is 1. The van der Waals surface area contributed by atoms with Crippen molar-refractivity contribution < 1.29 is 4.79 Å². The molecule has 1 atom stereocenters. The third-order valence-corrected chi connectivity index (χ3v) is 4.12. The highest BCUT2D eigenvalue weighted by Crippen LogP contribution is 2.29. The van der Waals surface area contributed by atoms with E-state index < -0.39 is 0 Å². The normalized spacial score (nSPS) is 19.7. The van der Waals surface area contributed by atoms with Gasteiger partial charge in [0, 0.05) is 25.6 Å². The summed E-state index contributed by atoms with van der Waals surface area (Å²) in [6.07, 6.45) is 2.68. The fraction of sp³-hybridized carbons (Fsp3) is 0.562. The van der Waals surface area contributed by atoms with Crippen LogP contribution in [-0.4, -0.2) is 29.9 Å². The molecule has 0 radical (unpaired) electrons. The molecule has 1 aliphatic heterocycles. The summed E-state index contributed by atoms with van der Waals surface area (Å²) in [6, 6.07) is 10.5. The molecule has 0 aliphatic carbocycles. The fourth-order valence-corrected chi connectivity index (χ4v) is 2.88. The maximum Gasteiger partial charge on any atom is 0.223 e. The van der Waals surface area contributed by atoms with Crippen molar-refractivity contribution in [2.24, 2.45) is 5.73 Å². The Hall–Kier alpha value is -1.35. The molecule has 104 valence electrons. The van der Waals surface area contributed by atoms with Crippen molar-refractivity contribution in [3.05, 3.63) is 35.9 Å². The molecule has 2 rings (SSSR count). The second-order valence-electron chi connectivity index (χ2n) is 6.05. The van der Waals surface area contributed by atoms with E-state index in [2.05, 4.69) is 26.0 Å². The Labute approximate surface area is 115 Å². The summed E-state index contributed by atoms with van der Waals surface area (Å²) in [4.78, 5) is 14.5. The SMILES string of the molecule is CC(C)(CC(=O)N1CCC[C@@H]1CN)c1ccccc1. The van der Waals surface area contributed by atoms with Gasteiger partial charge < -0.3 is 10.6 Å². The van der Waals surface area contributed by atoms with Gasteiger partial charge in [0.25, 0.3) is 0 Å². The summed E-state index contributed by atoms with van der Waals surface area (Å²) in [6.45, 7) is 5.71. The molecule has 0 bridgehead atoms. The fourth-order valence-electron chi connectivity index (χ4n) is 2.88. The van der Waals surface area contributed by atoms with Gasteiger partial charge in [-0.3, -0.25) is 4.79 Å². The lowest BCUT2D eigenvalue weighted by Crippen LogP contribution is -2.42. The number of nitrogens with two attached hydrogens (primary N) is 1. The van der Waals surface area contributed by atoms with Crippen LogP contribution in [0, 0.1) is 0 Å². The molecule has 3 nitrogen and oxygen atoms in total. The van der Waals surface area contributed by atoms with Crippen molar-refractivity contribution in [2.75, 3.05) is 13.1 Å². The molecule has 1 heterocycles. The van der Waals surface area contributed by atoms with Gasteiger partial charge in [-0.1, -0.05) is 44.2 Å². The highest BCUT2D eigenvalue weighted by Gasteiger charge is 2.32. The molecule has 1 saturated heterocycles. The molecule has 3 heteroatoms. The average molecular weight is 260 g/mol. The topological polar surface area (TPSA) is 46.3 Å². The summed E-state index contributed by atoms with van der Waals surface area (Å²) < 4.78 is 0. The van der Waals surface area contributed by atoms with Crippen molar-refractivity contribution in [1.29, 1.82) is 0 Å². The average Bonchev–Trinajstić information content (AvgIpc) is 2.87. The summed E-state index contributed by atoms with van der Waals surface area (Å²) in [7, 11) is 0. The molecule has 2 N–H and O–H groups in total. The maximum atomic E-state index is 12.5. The molecule has 0 spiro atoms. The van der Waals surface area contributed by atoms with Crippen LogP contribution in [0.4, 0.5) is 0 Å². The van der Waals surface area contributed by atoms with E-state index in [9.17, 15) is 4.79 Å². The van der Waals surface area contributed by atoms with Crippen LogP contribution >= 0.6 is 0 Å². The van der Waals surface area contributed by atoms with E-state index in [1.165, 1.54) is 5.56 Å². The Morgan fingerprint density at radius 1 is 1.37 bits per heavy atom. The van der Waals surface area contributed by atoms with Crippen molar-refractivity contribution in [2.45, 2.75) is 44.6 Å². The quantitative estimate of drug-likeness (QED) is 0.903. The summed E-state index contributed by atoms with van der Waals surface area (Å²) >= 11 is 0. The summed E-state index contributed by atoms with van der Waals surface area (Å²) in [5.74, 6) is 0.238. The van der Waals surface area contributed by atoms with Crippen LogP contribution in [-0.2, 0) is 10.2 Å². The minimum atomic E-state index is -0.125. The van der Waals surface area contributed by atoms with Crippen LogP contribution in [0.1, 0.15) is 38.7 Å². The van der Waals surface area contributed by atoms with Crippen LogP contribution in [0.15, 0.2) is 30.3 Å². The molecule has 0 aromatic heterocycles. The largest absolute Gasteiger partial charge is 0.338 e. The van der Waals surface area contributed by atoms with Crippen LogP contribution in [0.2, 0.25) is 0 Å². The minimum Gasteiger partial charge on any atom is -0.338 e. The first-order valence-corrected chi connectivity index (χ1v) is 7.09. The van der Waals surface area contributed by atoms with Crippen molar-refractivity contribution >= 4 is 5.91 Å². The van der Waals surface area contributed by atoms with E-state index in [-0.39, 0.29) is 17.4 Å². The van der Waals surface area contributed by atoms with Crippen LogP contribution in [0.5, 0.6) is 0 Å². The number of nitrogens with zero attached hydrogens (tertiary/aromatic N) is 1. The third-order valence-electron chi connectivity index (χ3n) is 4.12. The van der Waals surface area contributed by atoms with Gasteiger partial charge in [0.1, 0.15) is 0 Å². The monoisotopic (exact) mass is 260 g/mol. The maximum absolute atomic E-state index is 12.5. The first-order valence-electron chi connectivity index (χ1n) is 7.09. The van der Waals surface area contributed by atoms with E-state index in [0.29, 0.717) is 13.0 Å². The number of carbonyl (C=O) groups is 1. The Bertz CT molecular complexity index is 428. The Morgan fingerprint density at radius 3 is 2.68 bits per heavy atom. The molecule has 0 unspecified atom stereocenters. The lowest BCUT2D eigenvalue weighted by atomic mass is 9.81. The molecule has 1 fully saturated rings. The Kier molecular flexibility index (Phi) is 4.25. The van der Waals surface area contributed by atoms with Gasteiger partial charge in [0.2, 0.25) is 5.91 Å². The molecule has 1 aromatic rings. The van der Waals surface area contributed by atoms with E-state index in [4.69, 9.17) is 5.73 Å². The number of benzene rings is 1. The Morgan fingerprint density at radius 2 is 2.05 bits per heavy atom. The molecule has 19 heavy (non-hydrogen) atoms. The van der Waals surface area contributed by atoms with E-state index >= 15 is 0 Å². The third kappa shape index (κ3) is 3.16. The molecule has 1 aromatic carbocycles. The number of carbonyl (C=O) groups excluding carboxylic acids is 1. The van der Waals surface area contributed by atoms with Crippen LogP contribution in [0.3, 0.4) is 0 Å². The summed E-state index contributed by atoms with van der Waals surface area (Å²) in [5, 5.41) is 0. The zero-order valence-corrected chi connectivity index (χ0v) is 11.9. The van der Waals surface area contributed by atoms with E-state index in [1.807, 2.05) is 23.1 Å². The van der Waals surface area contributed by atoms with Gasteiger partial charge in [-0.15, -0.1) is 0 Å². The van der Waals surface area contributed by atoms with E-state index in [0.717, 1.165) is 19.4 Å². The predicted molar refractivity (Wildman–Crippen MR) is 77.9 cm³/mol. The van der Waals surface area contributed by atoms with Crippen molar-refractivity contribution in [3.63, 3.8) is 0 Å². The molecule has 0 saturated carbocycles. The van der Waals surface area contributed by atoms with Crippen molar-refractivity contribution in [1.82, 2.24) is 4.90 Å². The zero-order valence-electron chi connectivity index (χ0n) is 11.9. The second-order valence-corrected chi connectivity index (χ2v) is 6.05. The molecule has 1 aliphatic rings. The number of hydrogen-bond acceptors (Lipinski definition) is 2. The number of rotatable bonds is 4. The number of likely N-dealkylation sites (tertiary alicyclic amines) is 1. The number of amides is 1. The molecule has 1 amide bonds. The van der Waals surface area contributed by atoms with Crippen LogP contribution < -0.4 is 5.73 Å². The highest BCUT2D eigenvalue weighted by molar-refractivity contribution is 5.78. The predicted octanol–water partition coefficient (Wildman–Crippen LogP) is 2.30. The lowest BCUT2D eigenvalue weighted by molar-refractivity contribution is -0.133. The first kappa shape index (κ1) is 14.1. The van der Waals surface area contributed by atoms with E-state index in [1.54, 1.807) is 0 Å². The molecular formula is C16H24N2O. The lowest BCUT2D eigenvalue weighted by Gasteiger charge is -2.30. The van der Waals surface area contributed by atoms with Crippen molar-refractivity contribution in [3.8, 4) is 0 Å². The second kappa shape index (κ2) is 5.74. The smallest absolute Gasteiger partial charge is 0.223 e. The summed E-state index contributed by atoms with van der Waals surface area (Å²) in [5.41, 5.74) is 6.83. The van der Waals surface area contributed by atoms with Gasteiger partial charge in [-0.05, 0) is 23.8 Å². The van der Waals surface area contributed by atoms with Gasteiger partial charge in [-0.25, -0.2) is 0 Å². The van der Waals surface area contributed by atoms with Crippen LogP contribution in [0.25, 0.3) is 0 Å². The van der Waals surface area contributed by atoms with Gasteiger partial charge >= 0.3 is 0 Å². The minimum absolute atomic E-state index is 0.125.